The number of Topliss-reactive ketones (excluding diaryl/α,β-unsaturated/α-hetero) is 2. The second kappa shape index (κ2) is 8.70. The first-order valence-corrected chi connectivity index (χ1v) is 10.0. The molecule has 0 spiro atoms. The Morgan fingerprint density at radius 1 is 1.15 bits per heavy atom. The van der Waals surface area contributed by atoms with Crippen LogP contribution in [0.3, 0.4) is 0 Å². The number of thioether (sulfide) groups is 1. The Hall–Kier alpha value is -2.14. The molecule has 5 heteroatoms. The number of ketones is 2. The number of rotatable bonds is 9. The number of carbonyl (C=O) groups excluding carboxylic acids is 3. The first kappa shape index (κ1) is 21.2. The van der Waals surface area contributed by atoms with Crippen molar-refractivity contribution in [2.24, 2.45) is 5.41 Å². The molecule has 27 heavy (non-hydrogen) atoms. The van der Waals surface area contributed by atoms with E-state index in [-0.39, 0.29) is 23.9 Å². The molecular weight excluding hydrogens is 358 g/mol. The molecule has 1 N–H and O–H groups in total. The maximum absolute atomic E-state index is 12.8. The van der Waals surface area contributed by atoms with Gasteiger partial charge in [0.1, 0.15) is 11.6 Å². The number of carbonyl (C=O) groups is 3. The minimum absolute atomic E-state index is 0.000130. The van der Waals surface area contributed by atoms with Crippen molar-refractivity contribution >= 4 is 29.6 Å². The molecule has 1 aromatic carbocycles. The Labute approximate surface area is 165 Å². The molecule has 0 aliphatic rings. The molecule has 144 valence electrons. The fourth-order valence-corrected chi connectivity index (χ4v) is 4.03. The molecule has 0 fully saturated rings. The fourth-order valence-electron chi connectivity index (χ4n) is 3.00. The highest BCUT2D eigenvalue weighted by molar-refractivity contribution is 8.00. The highest BCUT2D eigenvalue weighted by Crippen LogP contribution is 2.31. The van der Waals surface area contributed by atoms with Crippen LogP contribution in [0.2, 0.25) is 0 Å². The van der Waals surface area contributed by atoms with E-state index in [1.54, 1.807) is 0 Å². The van der Waals surface area contributed by atoms with Crippen LogP contribution < -0.4 is 0 Å². The lowest BCUT2D eigenvalue weighted by Gasteiger charge is -2.24. The number of H-pyrrole nitrogens is 1. The number of nitrogens with one attached hydrogen (secondary N) is 1. The first-order chi connectivity index (χ1) is 12.7. The predicted octanol–water partition coefficient (Wildman–Crippen LogP) is 4.89. The third-order valence-electron chi connectivity index (χ3n) is 5.16. The third kappa shape index (κ3) is 4.98. The maximum Gasteiger partial charge on any atom is 0.166 e. The summed E-state index contributed by atoms with van der Waals surface area (Å²) in [7, 11) is 0. The van der Waals surface area contributed by atoms with Crippen LogP contribution in [0, 0.1) is 19.3 Å². The molecule has 1 heterocycles. The lowest BCUT2D eigenvalue weighted by molar-refractivity contribution is -0.131. The maximum atomic E-state index is 12.8. The summed E-state index contributed by atoms with van der Waals surface area (Å²) in [5.74, 6) is 0.0187. The SMILES string of the molecule is Cc1c(C=O)[nH]c(C(C)C(=O)CC(C)(C)C(=O)CSc2ccccc2)c1C. The second-order valence-electron chi connectivity index (χ2n) is 7.59. The first-order valence-electron chi connectivity index (χ1n) is 9.05. The lowest BCUT2D eigenvalue weighted by Crippen LogP contribution is -2.30. The van der Waals surface area contributed by atoms with Crippen LogP contribution in [0.4, 0.5) is 0 Å². The van der Waals surface area contributed by atoms with Gasteiger partial charge in [0.05, 0.1) is 17.4 Å². The van der Waals surface area contributed by atoms with E-state index in [1.807, 2.05) is 65.0 Å². The van der Waals surface area contributed by atoms with Gasteiger partial charge in [0, 0.05) is 22.4 Å². The molecule has 0 saturated carbocycles. The normalized spacial score (nSPS) is 12.6. The second-order valence-corrected chi connectivity index (χ2v) is 8.64. The largest absolute Gasteiger partial charge is 0.355 e. The van der Waals surface area contributed by atoms with Crippen LogP contribution in [-0.2, 0) is 9.59 Å². The molecular formula is C22H27NO3S. The highest BCUT2D eigenvalue weighted by Gasteiger charge is 2.33. The Morgan fingerprint density at radius 2 is 1.78 bits per heavy atom. The number of hydrogen-bond donors (Lipinski definition) is 1. The van der Waals surface area contributed by atoms with Crippen molar-refractivity contribution in [1.29, 1.82) is 0 Å². The molecule has 1 unspecified atom stereocenters. The molecule has 1 atom stereocenters. The third-order valence-corrected chi connectivity index (χ3v) is 6.17. The van der Waals surface area contributed by atoms with Crippen LogP contribution in [0.1, 0.15) is 60.4 Å². The van der Waals surface area contributed by atoms with E-state index in [4.69, 9.17) is 0 Å². The van der Waals surface area contributed by atoms with Crippen LogP contribution in [0.25, 0.3) is 0 Å². The molecule has 0 bridgehead atoms. The molecule has 0 amide bonds. The van der Waals surface area contributed by atoms with Crippen molar-refractivity contribution < 1.29 is 14.4 Å². The van der Waals surface area contributed by atoms with Crippen LogP contribution in [-0.4, -0.2) is 28.6 Å². The Balaban J connectivity index is 2.04. The zero-order valence-corrected chi connectivity index (χ0v) is 17.4. The van der Waals surface area contributed by atoms with Crippen molar-refractivity contribution in [2.75, 3.05) is 5.75 Å². The highest BCUT2D eigenvalue weighted by atomic mass is 32.2. The van der Waals surface area contributed by atoms with E-state index < -0.39 is 5.41 Å². The van der Waals surface area contributed by atoms with E-state index in [0.717, 1.165) is 28.0 Å². The topological polar surface area (TPSA) is 67.0 Å². The van der Waals surface area contributed by atoms with Crippen molar-refractivity contribution in [3.63, 3.8) is 0 Å². The van der Waals surface area contributed by atoms with Crippen molar-refractivity contribution in [3.05, 3.63) is 52.8 Å². The zero-order chi connectivity index (χ0) is 20.2. The van der Waals surface area contributed by atoms with Gasteiger partial charge in [-0.1, -0.05) is 32.0 Å². The van der Waals surface area contributed by atoms with E-state index in [0.29, 0.717) is 11.4 Å². The van der Waals surface area contributed by atoms with Crippen LogP contribution >= 0.6 is 11.8 Å². The van der Waals surface area contributed by atoms with Gasteiger partial charge in [-0.2, -0.15) is 0 Å². The van der Waals surface area contributed by atoms with Gasteiger partial charge >= 0.3 is 0 Å². The summed E-state index contributed by atoms with van der Waals surface area (Å²) < 4.78 is 0. The van der Waals surface area contributed by atoms with Crippen LogP contribution in [0.15, 0.2) is 35.2 Å². The minimum atomic E-state index is -0.726. The fraction of sp³-hybridized carbons (Fsp3) is 0.409. The average molecular weight is 386 g/mol. The Kier molecular flexibility index (Phi) is 6.82. The monoisotopic (exact) mass is 385 g/mol. The summed E-state index contributed by atoms with van der Waals surface area (Å²) >= 11 is 1.49. The van der Waals surface area contributed by atoms with E-state index in [9.17, 15) is 14.4 Å². The van der Waals surface area contributed by atoms with Crippen molar-refractivity contribution in [3.8, 4) is 0 Å². The summed E-state index contributed by atoms with van der Waals surface area (Å²) in [5.41, 5.74) is 2.35. The molecule has 0 aliphatic heterocycles. The number of hydrogen-bond acceptors (Lipinski definition) is 4. The summed E-state index contributed by atoms with van der Waals surface area (Å²) in [6.45, 7) is 9.26. The van der Waals surface area contributed by atoms with Crippen molar-refractivity contribution in [1.82, 2.24) is 4.98 Å². The molecule has 2 aromatic rings. The van der Waals surface area contributed by atoms with E-state index >= 15 is 0 Å². The van der Waals surface area contributed by atoms with Gasteiger partial charge in [-0.05, 0) is 44.0 Å². The van der Waals surface area contributed by atoms with E-state index in [1.165, 1.54) is 11.8 Å². The smallest absolute Gasteiger partial charge is 0.166 e. The molecule has 2 rings (SSSR count). The van der Waals surface area contributed by atoms with E-state index in [2.05, 4.69) is 4.98 Å². The summed E-state index contributed by atoms with van der Waals surface area (Å²) in [6, 6.07) is 9.77. The summed E-state index contributed by atoms with van der Waals surface area (Å²) in [5, 5.41) is 0. The van der Waals surface area contributed by atoms with Gasteiger partial charge < -0.3 is 4.98 Å². The number of benzene rings is 1. The molecule has 0 aliphatic carbocycles. The zero-order valence-electron chi connectivity index (χ0n) is 16.6. The Bertz CT molecular complexity index is 837. The van der Waals surface area contributed by atoms with Gasteiger partial charge in [-0.25, -0.2) is 0 Å². The molecule has 0 radical (unpaired) electrons. The Morgan fingerprint density at radius 3 is 2.33 bits per heavy atom. The van der Waals surface area contributed by atoms with Gasteiger partial charge in [0.15, 0.2) is 6.29 Å². The average Bonchev–Trinajstić information content (AvgIpc) is 2.94. The standard InChI is InChI=1S/C22H27NO3S/c1-14-15(2)21(23-18(14)12-24)16(3)19(25)11-22(4,5)20(26)13-27-17-9-7-6-8-10-17/h6-10,12,16,23H,11,13H2,1-5H3. The lowest BCUT2D eigenvalue weighted by atomic mass is 9.80. The summed E-state index contributed by atoms with van der Waals surface area (Å²) in [4.78, 5) is 40.7. The number of aromatic amines is 1. The van der Waals surface area contributed by atoms with Crippen molar-refractivity contribution in [2.45, 2.75) is 51.9 Å². The van der Waals surface area contributed by atoms with Gasteiger partial charge in [0.25, 0.3) is 0 Å². The molecule has 1 aromatic heterocycles. The quantitative estimate of drug-likeness (QED) is 0.493. The van der Waals surface area contributed by atoms with Gasteiger partial charge in [-0.3, -0.25) is 14.4 Å². The molecule has 4 nitrogen and oxygen atoms in total. The van der Waals surface area contributed by atoms with Gasteiger partial charge in [0.2, 0.25) is 0 Å². The minimum Gasteiger partial charge on any atom is -0.355 e. The van der Waals surface area contributed by atoms with Gasteiger partial charge in [-0.15, -0.1) is 11.8 Å². The predicted molar refractivity (Wildman–Crippen MR) is 110 cm³/mol. The number of aldehydes is 1. The molecule has 0 saturated heterocycles. The van der Waals surface area contributed by atoms with Crippen LogP contribution in [0.5, 0.6) is 0 Å². The summed E-state index contributed by atoms with van der Waals surface area (Å²) in [6.07, 6.45) is 0.952. The number of aromatic nitrogens is 1.